The molecule has 0 unspecified atom stereocenters. The summed E-state index contributed by atoms with van der Waals surface area (Å²) >= 11 is 0. The van der Waals surface area contributed by atoms with Crippen molar-refractivity contribution in [2.75, 3.05) is 24.5 Å². The number of benzene rings is 1. The Labute approximate surface area is 141 Å². The average Bonchev–Trinajstić information content (AvgIpc) is 2.54. The van der Waals surface area contributed by atoms with Gasteiger partial charge in [-0.1, -0.05) is 18.2 Å². The number of piperazine rings is 1. The van der Waals surface area contributed by atoms with Gasteiger partial charge in [0.05, 0.1) is 0 Å². The summed E-state index contributed by atoms with van der Waals surface area (Å²) in [7, 11) is 0. The summed E-state index contributed by atoms with van der Waals surface area (Å²) in [5.41, 5.74) is 3.05. The third kappa shape index (κ3) is 3.13. The first-order valence-corrected chi connectivity index (χ1v) is 7.93. The molecule has 2 aromatic rings. The molecule has 0 spiro atoms. The van der Waals surface area contributed by atoms with Crippen LogP contribution in [0.5, 0.6) is 0 Å². The van der Waals surface area contributed by atoms with Crippen LogP contribution in [-0.4, -0.2) is 46.3 Å². The van der Waals surface area contributed by atoms with Gasteiger partial charge >= 0.3 is 0 Å². The predicted octanol–water partition coefficient (Wildman–Crippen LogP) is 1.89. The molecule has 6 nitrogen and oxygen atoms in total. The predicted molar refractivity (Wildman–Crippen MR) is 90.9 cm³/mol. The number of hydrogen-bond donors (Lipinski definition) is 0. The van der Waals surface area contributed by atoms with Crippen LogP contribution in [0.25, 0.3) is 0 Å². The van der Waals surface area contributed by atoms with Crippen LogP contribution in [0.3, 0.4) is 0 Å². The molecule has 1 aliphatic heterocycles. The normalized spacial score (nSPS) is 14.9. The van der Waals surface area contributed by atoms with E-state index in [0.717, 1.165) is 16.9 Å². The minimum absolute atomic E-state index is 0.0647. The highest BCUT2D eigenvalue weighted by Crippen LogP contribution is 2.22. The number of aromatic nitrogens is 2. The van der Waals surface area contributed by atoms with Crippen molar-refractivity contribution in [2.45, 2.75) is 20.8 Å². The zero-order valence-corrected chi connectivity index (χ0v) is 14.1. The Morgan fingerprint density at radius 1 is 1.08 bits per heavy atom. The van der Waals surface area contributed by atoms with Gasteiger partial charge < -0.3 is 9.80 Å². The fourth-order valence-electron chi connectivity index (χ4n) is 2.96. The zero-order chi connectivity index (χ0) is 17.3. The van der Waals surface area contributed by atoms with Crippen LogP contribution >= 0.6 is 0 Å². The lowest BCUT2D eigenvalue weighted by atomic mass is 10.1. The molecule has 0 radical (unpaired) electrons. The molecular formula is C18H20N4O2. The summed E-state index contributed by atoms with van der Waals surface area (Å²) in [5.74, 6) is 0.260. The van der Waals surface area contributed by atoms with Gasteiger partial charge in [-0.25, -0.2) is 9.97 Å². The number of carbonyl (C=O) groups is 2. The van der Waals surface area contributed by atoms with Crippen molar-refractivity contribution < 1.29 is 9.59 Å². The summed E-state index contributed by atoms with van der Waals surface area (Å²) in [6.45, 7) is 6.60. The standard InChI is InChI=1S/C18H20N4O2/c1-12-6-4-5-7-16(12)22-9-8-21(11-17(22)23)18(24)15-10-13(2)19-14(3)20-15/h4-7,10H,8-9,11H2,1-3H3. The molecule has 3 rings (SSSR count). The third-order valence-corrected chi connectivity index (χ3v) is 4.10. The Kier molecular flexibility index (Phi) is 4.29. The highest BCUT2D eigenvalue weighted by Gasteiger charge is 2.29. The van der Waals surface area contributed by atoms with Crippen LogP contribution in [0.1, 0.15) is 27.6 Å². The van der Waals surface area contributed by atoms with E-state index in [1.54, 1.807) is 22.8 Å². The number of carbonyl (C=O) groups excluding carboxylic acids is 2. The van der Waals surface area contributed by atoms with Crippen molar-refractivity contribution in [3.05, 3.63) is 53.1 Å². The minimum atomic E-state index is -0.221. The van der Waals surface area contributed by atoms with Crippen molar-refractivity contribution in [3.8, 4) is 0 Å². The summed E-state index contributed by atoms with van der Waals surface area (Å²) in [5, 5.41) is 0. The lowest BCUT2D eigenvalue weighted by Gasteiger charge is -2.34. The second kappa shape index (κ2) is 6.39. The van der Waals surface area contributed by atoms with Crippen LogP contribution < -0.4 is 4.90 Å². The van der Waals surface area contributed by atoms with Crippen LogP contribution in [0, 0.1) is 20.8 Å². The van der Waals surface area contributed by atoms with E-state index in [2.05, 4.69) is 9.97 Å². The van der Waals surface area contributed by atoms with E-state index in [0.29, 0.717) is 24.6 Å². The number of rotatable bonds is 2. The second-order valence-corrected chi connectivity index (χ2v) is 6.00. The number of hydrogen-bond acceptors (Lipinski definition) is 4. The fraction of sp³-hybridized carbons (Fsp3) is 0.333. The van der Waals surface area contributed by atoms with E-state index in [4.69, 9.17) is 0 Å². The van der Waals surface area contributed by atoms with Gasteiger partial charge in [0, 0.05) is 24.5 Å². The third-order valence-electron chi connectivity index (χ3n) is 4.10. The van der Waals surface area contributed by atoms with Gasteiger partial charge in [-0.2, -0.15) is 0 Å². The van der Waals surface area contributed by atoms with E-state index in [-0.39, 0.29) is 18.4 Å². The van der Waals surface area contributed by atoms with E-state index < -0.39 is 0 Å². The van der Waals surface area contributed by atoms with Gasteiger partial charge in [0.25, 0.3) is 5.91 Å². The molecule has 0 bridgehead atoms. The quantitative estimate of drug-likeness (QED) is 0.846. The first kappa shape index (κ1) is 16.1. The molecule has 1 aromatic carbocycles. The number of aryl methyl sites for hydroxylation is 3. The van der Waals surface area contributed by atoms with Gasteiger partial charge in [-0.15, -0.1) is 0 Å². The van der Waals surface area contributed by atoms with Crippen molar-refractivity contribution in [3.63, 3.8) is 0 Å². The van der Waals surface area contributed by atoms with Crippen molar-refractivity contribution >= 4 is 17.5 Å². The molecule has 1 aromatic heterocycles. The maximum Gasteiger partial charge on any atom is 0.273 e. The molecule has 124 valence electrons. The monoisotopic (exact) mass is 324 g/mol. The molecule has 2 heterocycles. The molecule has 2 amide bonds. The molecule has 0 aliphatic carbocycles. The molecule has 0 atom stereocenters. The average molecular weight is 324 g/mol. The smallest absolute Gasteiger partial charge is 0.273 e. The van der Waals surface area contributed by atoms with Gasteiger partial charge in [0.15, 0.2) is 0 Å². The highest BCUT2D eigenvalue weighted by molar-refractivity contribution is 6.01. The maximum atomic E-state index is 12.6. The summed E-state index contributed by atoms with van der Waals surface area (Å²) in [4.78, 5) is 36.8. The number of nitrogens with zero attached hydrogens (tertiary/aromatic N) is 4. The van der Waals surface area contributed by atoms with E-state index in [1.165, 1.54) is 0 Å². The van der Waals surface area contributed by atoms with Gasteiger partial charge in [0.1, 0.15) is 18.1 Å². The molecule has 24 heavy (non-hydrogen) atoms. The largest absolute Gasteiger partial charge is 0.326 e. The summed E-state index contributed by atoms with van der Waals surface area (Å²) < 4.78 is 0. The van der Waals surface area contributed by atoms with E-state index in [1.807, 2.05) is 38.1 Å². The maximum absolute atomic E-state index is 12.6. The lowest BCUT2D eigenvalue weighted by molar-refractivity contribution is -0.120. The fourth-order valence-corrected chi connectivity index (χ4v) is 2.96. The number of para-hydroxylation sites is 1. The Morgan fingerprint density at radius 2 is 1.83 bits per heavy atom. The van der Waals surface area contributed by atoms with Crippen LogP contribution in [0.2, 0.25) is 0 Å². The van der Waals surface area contributed by atoms with Crippen molar-refractivity contribution in [2.24, 2.45) is 0 Å². The minimum Gasteiger partial charge on any atom is -0.326 e. The lowest BCUT2D eigenvalue weighted by Crippen LogP contribution is -2.52. The van der Waals surface area contributed by atoms with Crippen LogP contribution in [-0.2, 0) is 4.79 Å². The highest BCUT2D eigenvalue weighted by atomic mass is 16.2. The SMILES string of the molecule is Cc1cc(C(=O)N2CCN(c3ccccc3C)C(=O)C2)nc(C)n1. The topological polar surface area (TPSA) is 66.4 Å². The second-order valence-electron chi connectivity index (χ2n) is 6.00. The molecule has 0 N–H and O–H groups in total. The molecule has 0 saturated carbocycles. The molecule has 6 heteroatoms. The van der Waals surface area contributed by atoms with E-state index >= 15 is 0 Å². The molecular weight excluding hydrogens is 304 g/mol. The van der Waals surface area contributed by atoms with E-state index in [9.17, 15) is 9.59 Å². The Bertz CT molecular complexity index is 783. The Morgan fingerprint density at radius 3 is 2.50 bits per heavy atom. The van der Waals surface area contributed by atoms with Gasteiger partial charge in [0.2, 0.25) is 5.91 Å². The Hall–Kier alpha value is -2.76. The van der Waals surface area contributed by atoms with Crippen molar-refractivity contribution in [1.29, 1.82) is 0 Å². The molecule has 1 fully saturated rings. The van der Waals surface area contributed by atoms with Crippen molar-refractivity contribution in [1.82, 2.24) is 14.9 Å². The Balaban J connectivity index is 1.77. The van der Waals surface area contributed by atoms with Gasteiger partial charge in [-0.3, -0.25) is 9.59 Å². The zero-order valence-electron chi connectivity index (χ0n) is 14.1. The first-order chi connectivity index (χ1) is 11.5. The van der Waals surface area contributed by atoms with Gasteiger partial charge in [-0.05, 0) is 38.5 Å². The molecule has 1 saturated heterocycles. The summed E-state index contributed by atoms with van der Waals surface area (Å²) in [6, 6.07) is 9.43. The number of amides is 2. The summed E-state index contributed by atoms with van der Waals surface area (Å²) in [6.07, 6.45) is 0. The first-order valence-electron chi connectivity index (χ1n) is 7.93. The van der Waals surface area contributed by atoms with Crippen LogP contribution in [0.4, 0.5) is 5.69 Å². The van der Waals surface area contributed by atoms with Crippen LogP contribution in [0.15, 0.2) is 30.3 Å². The number of anilines is 1. The molecule has 1 aliphatic rings.